The number of aromatic nitrogens is 1. The van der Waals surface area contributed by atoms with Gasteiger partial charge in [0.15, 0.2) is 6.29 Å². The van der Waals surface area contributed by atoms with Gasteiger partial charge in [0.2, 0.25) is 0 Å². The number of aldehydes is 1. The molecule has 62 valence electrons. The fourth-order valence-electron chi connectivity index (χ4n) is 0.849. The number of hydrogen-bond acceptors (Lipinski definition) is 3. The van der Waals surface area contributed by atoms with Crippen LogP contribution in [-0.2, 0) is 0 Å². The van der Waals surface area contributed by atoms with Crippen molar-refractivity contribution in [2.45, 2.75) is 0 Å². The van der Waals surface area contributed by atoms with Crippen molar-refractivity contribution in [2.24, 2.45) is 0 Å². The van der Waals surface area contributed by atoms with Gasteiger partial charge in [-0.05, 0) is 18.2 Å². The molecule has 0 bridgehead atoms. The maximum Gasteiger partial charge on any atom is 0.172 e. The smallest absolute Gasteiger partial charge is 0.172 e. The maximum absolute atomic E-state index is 10.5. The van der Waals surface area contributed by atoms with Crippen LogP contribution in [-0.4, -0.2) is 18.4 Å². The van der Waals surface area contributed by atoms with Gasteiger partial charge in [0.1, 0.15) is 11.4 Å². The predicted molar refractivity (Wildman–Crippen MR) is 46.3 cm³/mol. The Bertz CT molecular complexity index is 307. The number of carbonyl (C=O) groups excluding carboxylic acids is 1. The largest absolute Gasteiger partial charge is 0.494 e. The van der Waals surface area contributed by atoms with E-state index in [1.807, 2.05) is 0 Å². The molecular formula is C9H9NO2. The van der Waals surface area contributed by atoms with Crippen molar-refractivity contribution >= 4 is 12.4 Å². The lowest BCUT2D eigenvalue weighted by Crippen LogP contribution is -1.95. The number of rotatable bonds is 3. The lowest BCUT2D eigenvalue weighted by atomic mass is 10.3. The Labute approximate surface area is 70.7 Å². The first-order chi connectivity index (χ1) is 5.81. The average molecular weight is 163 g/mol. The van der Waals surface area contributed by atoms with E-state index in [1.54, 1.807) is 18.2 Å². The molecule has 3 nitrogen and oxygen atoms in total. The molecule has 0 saturated heterocycles. The standard InChI is InChI=1S/C9H9NO2/c1-3-7-4-5-9(12-2)8(6-11)10-7/h3-6H,1H2,2H3. The zero-order valence-corrected chi connectivity index (χ0v) is 6.78. The first-order valence-corrected chi connectivity index (χ1v) is 3.44. The molecule has 0 atom stereocenters. The van der Waals surface area contributed by atoms with Gasteiger partial charge in [-0.3, -0.25) is 4.79 Å². The van der Waals surface area contributed by atoms with Gasteiger partial charge in [0.25, 0.3) is 0 Å². The van der Waals surface area contributed by atoms with Gasteiger partial charge in [-0.1, -0.05) is 6.58 Å². The van der Waals surface area contributed by atoms with E-state index in [0.717, 1.165) is 0 Å². The number of methoxy groups -OCH3 is 1. The molecule has 1 heterocycles. The van der Waals surface area contributed by atoms with Crippen molar-refractivity contribution in [1.29, 1.82) is 0 Å². The molecule has 0 aliphatic carbocycles. The van der Waals surface area contributed by atoms with Crippen LogP contribution in [0.15, 0.2) is 18.7 Å². The summed E-state index contributed by atoms with van der Waals surface area (Å²) in [5, 5.41) is 0. The summed E-state index contributed by atoms with van der Waals surface area (Å²) in [7, 11) is 1.50. The summed E-state index contributed by atoms with van der Waals surface area (Å²) < 4.78 is 4.91. The molecule has 0 fully saturated rings. The summed E-state index contributed by atoms with van der Waals surface area (Å²) in [5.74, 6) is 0.482. The highest BCUT2D eigenvalue weighted by Gasteiger charge is 2.02. The normalized spacial score (nSPS) is 9.08. The van der Waals surface area contributed by atoms with Gasteiger partial charge in [-0.15, -0.1) is 0 Å². The molecule has 0 N–H and O–H groups in total. The van der Waals surface area contributed by atoms with E-state index < -0.39 is 0 Å². The fraction of sp³-hybridized carbons (Fsp3) is 0.111. The summed E-state index contributed by atoms with van der Waals surface area (Å²) in [4.78, 5) is 14.4. The van der Waals surface area contributed by atoms with Crippen molar-refractivity contribution in [3.8, 4) is 5.75 Å². The number of ether oxygens (including phenoxy) is 1. The third kappa shape index (κ3) is 1.50. The minimum absolute atomic E-state index is 0.301. The van der Waals surface area contributed by atoms with Gasteiger partial charge >= 0.3 is 0 Å². The number of hydrogen-bond donors (Lipinski definition) is 0. The summed E-state index contributed by atoms with van der Waals surface area (Å²) >= 11 is 0. The Kier molecular flexibility index (Phi) is 2.58. The van der Waals surface area contributed by atoms with E-state index in [4.69, 9.17) is 4.74 Å². The molecular weight excluding hydrogens is 154 g/mol. The van der Waals surface area contributed by atoms with Crippen molar-refractivity contribution < 1.29 is 9.53 Å². The Hall–Kier alpha value is -1.64. The molecule has 3 heteroatoms. The Morgan fingerprint density at radius 2 is 2.33 bits per heavy atom. The average Bonchev–Trinajstić information content (AvgIpc) is 2.16. The van der Waals surface area contributed by atoms with Crippen molar-refractivity contribution in [2.75, 3.05) is 7.11 Å². The summed E-state index contributed by atoms with van der Waals surface area (Å²) in [6.45, 7) is 3.54. The molecule has 0 spiro atoms. The van der Waals surface area contributed by atoms with Crippen molar-refractivity contribution in [1.82, 2.24) is 4.98 Å². The quantitative estimate of drug-likeness (QED) is 0.634. The van der Waals surface area contributed by atoms with Gasteiger partial charge in [-0.25, -0.2) is 4.98 Å². The minimum Gasteiger partial charge on any atom is -0.494 e. The van der Waals surface area contributed by atoms with E-state index in [0.29, 0.717) is 23.4 Å². The van der Waals surface area contributed by atoms with E-state index >= 15 is 0 Å². The highest BCUT2D eigenvalue weighted by atomic mass is 16.5. The molecule has 0 aromatic carbocycles. The van der Waals surface area contributed by atoms with Crippen LogP contribution in [0, 0.1) is 0 Å². The second kappa shape index (κ2) is 3.67. The van der Waals surface area contributed by atoms with E-state index in [9.17, 15) is 4.79 Å². The van der Waals surface area contributed by atoms with Crippen LogP contribution in [0.25, 0.3) is 6.08 Å². The molecule has 0 amide bonds. The van der Waals surface area contributed by atoms with Gasteiger partial charge in [-0.2, -0.15) is 0 Å². The lowest BCUT2D eigenvalue weighted by molar-refractivity contribution is 0.111. The molecule has 1 aromatic rings. The van der Waals surface area contributed by atoms with E-state index in [2.05, 4.69) is 11.6 Å². The van der Waals surface area contributed by atoms with E-state index in [1.165, 1.54) is 7.11 Å². The van der Waals surface area contributed by atoms with Crippen LogP contribution >= 0.6 is 0 Å². The molecule has 0 aliphatic heterocycles. The van der Waals surface area contributed by atoms with E-state index in [-0.39, 0.29) is 0 Å². The third-order valence-corrected chi connectivity index (χ3v) is 1.45. The van der Waals surface area contributed by atoms with Gasteiger partial charge < -0.3 is 4.74 Å². The van der Waals surface area contributed by atoms with Crippen LogP contribution in [0.4, 0.5) is 0 Å². The van der Waals surface area contributed by atoms with Gasteiger partial charge in [0, 0.05) is 0 Å². The Morgan fingerprint density at radius 1 is 1.58 bits per heavy atom. The molecule has 1 aromatic heterocycles. The van der Waals surface area contributed by atoms with Crippen molar-refractivity contribution in [3.63, 3.8) is 0 Å². The third-order valence-electron chi connectivity index (χ3n) is 1.45. The topological polar surface area (TPSA) is 39.2 Å². The summed E-state index contributed by atoms with van der Waals surface area (Å²) in [6.07, 6.45) is 2.23. The molecule has 12 heavy (non-hydrogen) atoms. The maximum atomic E-state index is 10.5. The molecule has 0 unspecified atom stereocenters. The Balaban J connectivity index is 3.18. The number of carbonyl (C=O) groups is 1. The van der Waals surface area contributed by atoms with Crippen LogP contribution in [0.3, 0.4) is 0 Å². The first kappa shape index (κ1) is 8.46. The first-order valence-electron chi connectivity index (χ1n) is 3.44. The minimum atomic E-state index is 0.301. The zero-order chi connectivity index (χ0) is 8.97. The lowest BCUT2D eigenvalue weighted by Gasteiger charge is -2.02. The van der Waals surface area contributed by atoms with Gasteiger partial charge in [0.05, 0.1) is 12.8 Å². The molecule has 0 saturated carbocycles. The van der Waals surface area contributed by atoms with Crippen LogP contribution in [0.5, 0.6) is 5.75 Å². The summed E-state index contributed by atoms with van der Waals surface area (Å²) in [6, 6.07) is 3.42. The highest BCUT2D eigenvalue weighted by Crippen LogP contribution is 2.14. The number of nitrogens with zero attached hydrogens (tertiary/aromatic N) is 1. The fourth-order valence-corrected chi connectivity index (χ4v) is 0.849. The Morgan fingerprint density at radius 3 is 2.83 bits per heavy atom. The molecule has 0 aliphatic rings. The highest BCUT2D eigenvalue weighted by molar-refractivity contribution is 5.76. The SMILES string of the molecule is C=Cc1ccc(OC)c(C=O)n1. The summed E-state index contributed by atoms with van der Waals surface area (Å²) in [5.41, 5.74) is 0.966. The molecule has 1 rings (SSSR count). The second-order valence-electron chi connectivity index (χ2n) is 2.15. The monoisotopic (exact) mass is 163 g/mol. The second-order valence-corrected chi connectivity index (χ2v) is 2.15. The molecule has 0 radical (unpaired) electrons. The predicted octanol–water partition coefficient (Wildman–Crippen LogP) is 1.55. The van der Waals surface area contributed by atoms with Crippen LogP contribution in [0.2, 0.25) is 0 Å². The zero-order valence-electron chi connectivity index (χ0n) is 6.78. The van der Waals surface area contributed by atoms with Crippen LogP contribution in [0.1, 0.15) is 16.2 Å². The van der Waals surface area contributed by atoms with Crippen molar-refractivity contribution in [3.05, 3.63) is 30.1 Å². The number of pyridine rings is 1. The van der Waals surface area contributed by atoms with Crippen LogP contribution < -0.4 is 4.74 Å².